The van der Waals surface area contributed by atoms with Crippen LogP contribution in [-0.2, 0) is 7.05 Å². The van der Waals surface area contributed by atoms with E-state index in [1.54, 1.807) is 18.7 Å². The molecule has 0 aliphatic rings. The maximum absolute atomic E-state index is 6.14. The van der Waals surface area contributed by atoms with Crippen LogP contribution in [0.25, 0.3) is 33.6 Å². The quantitative estimate of drug-likeness (QED) is 0.374. The topological polar surface area (TPSA) is 104 Å². The first kappa shape index (κ1) is 20.7. The SMILES string of the molecule is Cc1cc(Nc2ncnc3cnc(-c4ccccn4)nc23)ccc1Oc1ccc2c(c1)ncn2C. The molecule has 0 aliphatic carbocycles. The van der Waals surface area contributed by atoms with Gasteiger partial charge in [0.05, 0.1) is 23.6 Å². The molecule has 9 heteroatoms. The van der Waals surface area contributed by atoms with Crippen LogP contribution in [0.15, 0.2) is 79.6 Å². The van der Waals surface area contributed by atoms with Crippen LogP contribution in [0.4, 0.5) is 11.5 Å². The van der Waals surface area contributed by atoms with Crippen LogP contribution in [0.1, 0.15) is 5.56 Å². The van der Waals surface area contributed by atoms with Crippen LogP contribution in [0.5, 0.6) is 11.5 Å². The van der Waals surface area contributed by atoms with E-state index in [0.717, 1.165) is 33.8 Å². The Morgan fingerprint density at radius 3 is 2.69 bits per heavy atom. The van der Waals surface area contributed by atoms with E-state index in [2.05, 4.69) is 35.2 Å². The van der Waals surface area contributed by atoms with E-state index in [9.17, 15) is 0 Å². The number of fused-ring (bicyclic) bond motifs is 2. The molecule has 170 valence electrons. The van der Waals surface area contributed by atoms with Gasteiger partial charge in [-0.2, -0.15) is 0 Å². The lowest BCUT2D eigenvalue weighted by Crippen LogP contribution is -2.00. The van der Waals surface area contributed by atoms with Crippen LogP contribution in [-0.4, -0.2) is 34.5 Å². The van der Waals surface area contributed by atoms with Gasteiger partial charge in [0, 0.05) is 25.0 Å². The second kappa shape index (κ2) is 8.45. The third-order valence-corrected chi connectivity index (χ3v) is 5.63. The van der Waals surface area contributed by atoms with Crippen LogP contribution in [0.3, 0.4) is 0 Å². The van der Waals surface area contributed by atoms with E-state index in [0.29, 0.717) is 28.4 Å². The van der Waals surface area contributed by atoms with Gasteiger partial charge in [0.15, 0.2) is 11.6 Å². The first-order valence-electron chi connectivity index (χ1n) is 11.0. The predicted octanol–water partition coefficient (Wildman–Crippen LogP) is 5.21. The Kier molecular flexibility index (Phi) is 4.99. The van der Waals surface area contributed by atoms with Crippen LogP contribution in [0, 0.1) is 6.92 Å². The molecule has 0 saturated heterocycles. The summed E-state index contributed by atoms with van der Waals surface area (Å²) in [6.07, 6.45) is 6.68. The van der Waals surface area contributed by atoms with Crippen LogP contribution in [0.2, 0.25) is 0 Å². The van der Waals surface area contributed by atoms with Crippen molar-refractivity contribution in [1.29, 1.82) is 0 Å². The molecule has 0 aliphatic heterocycles. The zero-order chi connectivity index (χ0) is 23.8. The van der Waals surface area contributed by atoms with Crippen molar-refractivity contribution < 1.29 is 4.74 Å². The van der Waals surface area contributed by atoms with E-state index in [4.69, 9.17) is 4.74 Å². The largest absolute Gasteiger partial charge is 0.457 e. The van der Waals surface area contributed by atoms with Crippen LogP contribution < -0.4 is 10.1 Å². The number of nitrogens with one attached hydrogen (secondary N) is 1. The number of hydrogen-bond donors (Lipinski definition) is 1. The highest BCUT2D eigenvalue weighted by Crippen LogP contribution is 2.31. The second-order valence-electron chi connectivity index (χ2n) is 8.08. The Hall–Kier alpha value is -4.92. The maximum Gasteiger partial charge on any atom is 0.178 e. The number of aromatic nitrogens is 7. The zero-order valence-electron chi connectivity index (χ0n) is 19.0. The highest BCUT2D eigenvalue weighted by molar-refractivity contribution is 5.87. The van der Waals surface area contributed by atoms with Crippen molar-refractivity contribution in [2.45, 2.75) is 6.92 Å². The highest BCUT2D eigenvalue weighted by atomic mass is 16.5. The van der Waals surface area contributed by atoms with Gasteiger partial charge in [-0.3, -0.25) is 4.98 Å². The number of pyridine rings is 1. The van der Waals surface area contributed by atoms with Gasteiger partial charge in [-0.25, -0.2) is 24.9 Å². The molecule has 2 aromatic carbocycles. The fraction of sp³-hybridized carbons (Fsp3) is 0.0769. The Bertz CT molecular complexity index is 1680. The molecule has 4 aromatic heterocycles. The van der Waals surface area contributed by atoms with Gasteiger partial charge in [0.25, 0.3) is 0 Å². The number of rotatable bonds is 5. The van der Waals surface area contributed by atoms with Gasteiger partial charge in [0.1, 0.15) is 34.6 Å². The van der Waals surface area contributed by atoms with Gasteiger partial charge >= 0.3 is 0 Å². The van der Waals surface area contributed by atoms with E-state index in [-0.39, 0.29) is 0 Å². The molecule has 0 fully saturated rings. The minimum absolute atomic E-state index is 0.515. The summed E-state index contributed by atoms with van der Waals surface area (Å²) in [4.78, 5) is 26.5. The lowest BCUT2D eigenvalue weighted by atomic mass is 10.2. The van der Waals surface area contributed by atoms with Crippen molar-refractivity contribution in [2.75, 3.05) is 5.32 Å². The standard InChI is InChI=1S/C26H20N8O/c1-16-11-17(6-9-23(16)35-18-7-8-22-20(12-18)31-15-34(22)2)32-26-24-21(29-14-30-26)13-28-25(33-24)19-5-3-4-10-27-19/h3-15H,1-2H3,(H,29,30,32). The van der Waals surface area contributed by atoms with Crippen molar-refractivity contribution in [3.05, 3.63) is 85.2 Å². The number of benzene rings is 2. The lowest BCUT2D eigenvalue weighted by Gasteiger charge is -2.12. The minimum atomic E-state index is 0.515. The molecule has 1 N–H and O–H groups in total. The third kappa shape index (κ3) is 3.99. The van der Waals surface area contributed by atoms with Crippen molar-refractivity contribution in [3.63, 3.8) is 0 Å². The van der Waals surface area contributed by atoms with Crippen molar-refractivity contribution >= 4 is 33.6 Å². The Morgan fingerprint density at radius 2 is 1.83 bits per heavy atom. The minimum Gasteiger partial charge on any atom is -0.457 e. The molecule has 0 radical (unpaired) electrons. The average Bonchev–Trinajstić information content (AvgIpc) is 3.26. The fourth-order valence-electron chi connectivity index (χ4n) is 3.85. The summed E-state index contributed by atoms with van der Waals surface area (Å²) in [7, 11) is 1.97. The third-order valence-electron chi connectivity index (χ3n) is 5.63. The molecule has 0 atom stereocenters. The average molecular weight is 461 g/mol. The number of hydrogen-bond acceptors (Lipinski definition) is 8. The summed E-state index contributed by atoms with van der Waals surface area (Å²) in [5.74, 6) is 2.60. The van der Waals surface area contributed by atoms with Crippen molar-refractivity contribution in [3.8, 4) is 23.0 Å². The molecular formula is C26H20N8O. The zero-order valence-corrected chi connectivity index (χ0v) is 19.0. The molecule has 0 bridgehead atoms. The van der Waals surface area contributed by atoms with E-state index < -0.39 is 0 Å². The van der Waals surface area contributed by atoms with Gasteiger partial charge in [-0.15, -0.1) is 0 Å². The Morgan fingerprint density at radius 1 is 0.886 bits per heavy atom. The van der Waals surface area contributed by atoms with Crippen molar-refractivity contribution in [2.24, 2.45) is 7.05 Å². The monoisotopic (exact) mass is 460 g/mol. The molecule has 0 saturated carbocycles. The van der Waals surface area contributed by atoms with E-state index in [1.807, 2.05) is 73.1 Å². The first-order valence-corrected chi connectivity index (χ1v) is 11.0. The molecular weight excluding hydrogens is 440 g/mol. The van der Waals surface area contributed by atoms with Crippen LogP contribution >= 0.6 is 0 Å². The molecule has 35 heavy (non-hydrogen) atoms. The maximum atomic E-state index is 6.14. The number of imidazole rings is 1. The normalized spacial score (nSPS) is 11.1. The van der Waals surface area contributed by atoms with Crippen molar-refractivity contribution in [1.82, 2.24) is 34.5 Å². The summed E-state index contributed by atoms with van der Waals surface area (Å²) in [6.45, 7) is 2.00. The number of nitrogens with zero attached hydrogens (tertiary/aromatic N) is 7. The van der Waals surface area contributed by atoms with Gasteiger partial charge in [0.2, 0.25) is 0 Å². The Labute approximate surface area is 200 Å². The molecule has 4 heterocycles. The lowest BCUT2D eigenvalue weighted by molar-refractivity contribution is 0.479. The van der Waals surface area contributed by atoms with Gasteiger partial charge in [-0.05, 0) is 55.0 Å². The molecule has 9 nitrogen and oxygen atoms in total. The first-order chi connectivity index (χ1) is 17.1. The smallest absolute Gasteiger partial charge is 0.178 e. The Balaban J connectivity index is 1.28. The van der Waals surface area contributed by atoms with Gasteiger partial charge < -0.3 is 14.6 Å². The number of ether oxygens (including phenoxy) is 1. The predicted molar refractivity (Wildman–Crippen MR) is 134 cm³/mol. The highest BCUT2D eigenvalue weighted by Gasteiger charge is 2.11. The summed E-state index contributed by atoms with van der Waals surface area (Å²) in [5.41, 5.74) is 5.72. The molecule has 0 spiro atoms. The van der Waals surface area contributed by atoms with E-state index >= 15 is 0 Å². The molecule has 6 rings (SSSR count). The molecule has 0 unspecified atom stereocenters. The van der Waals surface area contributed by atoms with Gasteiger partial charge in [-0.1, -0.05) is 6.07 Å². The fourth-order valence-corrected chi connectivity index (χ4v) is 3.85. The second-order valence-corrected chi connectivity index (χ2v) is 8.08. The summed E-state index contributed by atoms with van der Waals surface area (Å²) < 4.78 is 8.11. The molecule has 6 aromatic rings. The summed E-state index contributed by atoms with van der Waals surface area (Å²) in [5, 5.41) is 3.35. The molecule has 0 amide bonds. The summed E-state index contributed by atoms with van der Waals surface area (Å²) in [6, 6.07) is 17.4. The number of aryl methyl sites for hydroxylation is 2. The number of anilines is 2. The summed E-state index contributed by atoms with van der Waals surface area (Å²) >= 11 is 0. The van der Waals surface area contributed by atoms with E-state index in [1.165, 1.54) is 6.33 Å².